The van der Waals surface area contributed by atoms with E-state index in [2.05, 4.69) is 15.6 Å². The maximum atomic E-state index is 13.5. The Labute approximate surface area is 235 Å². The first-order chi connectivity index (χ1) is 19.1. The summed E-state index contributed by atoms with van der Waals surface area (Å²) >= 11 is 6.09. The van der Waals surface area contributed by atoms with E-state index in [0.717, 1.165) is 16.5 Å². The Hall–Kier alpha value is -4.25. The Morgan fingerprint density at radius 3 is 2.60 bits per heavy atom. The van der Waals surface area contributed by atoms with Crippen LogP contribution in [0.4, 0.5) is 5.69 Å². The van der Waals surface area contributed by atoms with Crippen molar-refractivity contribution in [2.45, 2.75) is 6.42 Å². The van der Waals surface area contributed by atoms with Gasteiger partial charge in [-0.15, -0.1) is 0 Å². The van der Waals surface area contributed by atoms with Crippen molar-refractivity contribution >= 4 is 51.8 Å². The molecule has 0 bridgehead atoms. The van der Waals surface area contributed by atoms with Crippen LogP contribution in [-0.4, -0.2) is 83.3 Å². The fraction of sp³-hybridized carbons (Fsp3) is 0.357. The summed E-state index contributed by atoms with van der Waals surface area (Å²) in [6.07, 6.45) is 1.93. The predicted octanol–water partition coefficient (Wildman–Crippen LogP) is 1.36. The Morgan fingerprint density at radius 2 is 1.85 bits per heavy atom. The lowest BCUT2D eigenvalue weighted by Crippen LogP contribution is -2.54. The quantitative estimate of drug-likeness (QED) is 0.224. The van der Waals surface area contributed by atoms with Crippen LogP contribution >= 0.6 is 11.6 Å². The van der Waals surface area contributed by atoms with E-state index in [1.807, 2.05) is 6.07 Å². The first-order valence-corrected chi connectivity index (χ1v) is 13.4. The average molecular weight is 567 g/mol. The second kappa shape index (κ2) is 11.1. The van der Waals surface area contributed by atoms with Crippen molar-refractivity contribution in [1.82, 2.24) is 25.4 Å². The molecule has 11 nitrogen and oxygen atoms in total. The molecule has 2 fully saturated rings. The second-order valence-electron chi connectivity index (χ2n) is 10.4. The third-order valence-electron chi connectivity index (χ3n) is 7.90. The topological polar surface area (TPSA) is 161 Å². The Balaban J connectivity index is 1.36. The smallest absolute Gasteiger partial charge is 0.253 e. The Kier molecular flexibility index (Phi) is 7.57. The zero-order valence-electron chi connectivity index (χ0n) is 21.9. The molecule has 210 valence electrons. The molecule has 0 aliphatic carbocycles. The van der Waals surface area contributed by atoms with E-state index in [0.29, 0.717) is 30.2 Å². The Bertz CT molecular complexity index is 1490. The highest BCUT2D eigenvalue weighted by atomic mass is 35.5. The number of piperidine rings is 1. The van der Waals surface area contributed by atoms with Gasteiger partial charge in [0, 0.05) is 60.9 Å². The van der Waals surface area contributed by atoms with Crippen LogP contribution in [0.3, 0.4) is 0 Å². The first-order valence-electron chi connectivity index (χ1n) is 13.0. The maximum Gasteiger partial charge on any atom is 0.253 e. The van der Waals surface area contributed by atoms with Crippen molar-refractivity contribution in [1.29, 1.82) is 0 Å². The number of aromatic hydroxyl groups is 1. The summed E-state index contributed by atoms with van der Waals surface area (Å²) in [7, 11) is 1.49. The molecule has 2 aliphatic rings. The van der Waals surface area contributed by atoms with Crippen molar-refractivity contribution in [3.05, 3.63) is 58.7 Å². The number of carbonyl (C=O) groups excluding carboxylic acids is 4. The number of aromatic amines is 1. The molecule has 2 saturated heterocycles. The molecule has 3 unspecified atom stereocenters. The van der Waals surface area contributed by atoms with Crippen molar-refractivity contribution < 1.29 is 24.3 Å². The number of hydrogen-bond acceptors (Lipinski definition) is 6. The van der Waals surface area contributed by atoms with Crippen LogP contribution in [-0.2, 0) is 20.8 Å². The van der Waals surface area contributed by atoms with E-state index in [9.17, 15) is 24.3 Å². The van der Waals surface area contributed by atoms with Crippen molar-refractivity contribution in [2.75, 3.05) is 45.5 Å². The average Bonchev–Trinajstić information content (AvgIpc) is 3.55. The number of likely N-dealkylation sites (N-methyl/N-ethyl adjacent to an activating group) is 1. The molecule has 3 heterocycles. The van der Waals surface area contributed by atoms with Crippen molar-refractivity contribution in [3.63, 3.8) is 0 Å². The number of phenolic OH excluding ortho intramolecular Hbond substituents is 1. The van der Waals surface area contributed by atoms with E-state index < -0.39 is 5.92 Å². The van der Waals surface area contributed by atoms with Gasteiger partial charge in [-0.25, -0.2) is 0 Å². The number of H-pyrrole nitrogens is 1. The number of benzene rings is 2. The lowest BCUT2D eigenvalue weighted by atomic mass is 9.79. The zero-order valence-corrected chi connectivity index (χ0v) is 22.7. The lowest BCUT2D eigenvalue weighted by molar-refractivity contribution is -0.139. The molecule has 2 aromatic carbocycles. The van der Waals surface area contributed by atoms with Gasteiger partial charge in [0.25, 0.3) is 5.91 Å². The summed E-state index contributed by atoms with van der Waals surface area (Å²) in [6, 6.07) is 9.75. The number of aromatic nitrogens is 1. The number of nitrogen functional groups attached to an aromatic ring is 1. The predicted molar refractivity (Wildman–Crippen MR) is 150 cm³/mol. The van der Waals surface area contributed by atoms with Gasteiger partial charge in [0.1, 0.15) is 5.75 Å². The van der Waals surface area contributed by atoms with Gasteiger partial charge in [0.15, 0.2) is 0 Å². The van der Waals surface area contributed by atoms with Crippen molar-refractivity contribution in [2.24, 2.45) is 17.8 Å². The molecule has 4 amide bonds. The molecular formula is C28H31ClN6O5. The largest absolute Gasteiger partial charge is 0.506 e. The standard InChI is InChI=1S/C28H31ClN6O5/c1-31-25(37)10-33-27(39)21-14-34(26(38)7-16-9-32-23-8-18(29)3-4-19(16)23)11-17-12-35(13-20(17)21)28(40)15-2-5-24(36)22(30)6-15/h2-6,8-9,17,20-21,32,36H,7,10-14,30H2,1H3,(H,31,37)(H,33,39). The van der Waals surface area contributed by atoms with Gasteiger partial charge in [0.2, 0.25) is 17.7 Å². The number of rotatable bonds is 6. The number of halogens is 1. The molecule has 0 spiro atoms. The summed E-state index contributed by atoms with van der Waals surface area (Å²) in [6.45, 7) is 1.09. The van der Waals surface area contributed by atoms with E-state index in [-0.39, 0.29) is 66.4 Å². The number of amides is 4. The minimum absolute atomic E-state index is 0.102. The van der Waals surface area contributed by atoms with Gasteiger partial charge >= 0.3 is 0 Å². The minimum atomic E-state index is -0.600. The molecule has 40 heavy (non-hydrogen) atoms. The number of nitrogens with one attached hydrogen (secondary N) is 3. The molecular weight excluding hydrogens is 536 g/mol. The number of anilines is 1. The van der Waals surface area contributed by atoms with Gasteiger partial charge in [-0.2, -0.15) is 0 Å². The number of likely N-dealkylation sites (tertiary alicyclic amines) is 2. The van der Waals surface area contributed by atoms with E-state index >= 15 is 0 Å². The molecule has 3 atom stereocenters. The number of nitrogens with two attached hydrogens (primary N) is 1. The number of nitrogens with zero attached hydrogens (tertiary/aromatic N) is 2. The van der Waals surface area contributed by atoms with Crippen LogP contribution in [0.25, 0.3) is 10.9 Å². The minimum Gasteiger partial charge on any atom is -0.506 e. The zero-order chi connectivity index (χ0) is 28.6. The van der Waals surface area contributed by atoms with Gasteiger partial charge in [-0.1, -0.05) is 17.7 Å². The monoisotopic (exact) mass is 566 g/mol. The van der Waals surface area contributed by atoms with Crippen LogP contribution in [0.5, 0.6) is 5.75 Å². The second-order valence-corrected chi connectivity index (χ2v) is 10.8. The summed E-state index contributed by atoms with van der Waals surface area (Å²) in [5, 5.41) is 16.4. The third kappa shape index (κ3) is 5.42. The summed E-state index contributed by atoms with van der Waals surface area (Å²) in [5.74, 6) is -2.09. The summed E-state index contributed by atoms with van der Waals surface area (Å²) in [5.41, 5.74) is 7.89. The van der Waals surface area contributed by atoms with Gasteiger partial charge < -0.3 is 36.3 Å². The normalized spacial score (nSPS) is 20.3. The maximum absolute atomic E-state index is 13.5. The van der Waals surface area contributed by atoms with Crippen molar-refractivity contribution in [3.8, 4) is 5.75 Å². The van der Waals surface area contributed by atoms with Crippen LogP contribution < -0.4 is 16.4 Å². The van der Waals surface area contributed by atoms with Crippen LogP contribution in [0.2, 0.25) is 5.02 Å². The summed E-state index contributed by atoms with van der Waals surface area (Å²) < 4.78 is 0. The highest BCUT2D eigenvalue weighted by molar-refractivity contribution is 6.31. The molecule has 6 N–H and O–H groups in total. The number of phenols is 1. The number of hydrogen-bond donors (Lipinski definition) is 5. The highest BCUT2D eigenvalue weighted by Crippen LogP contribution is 2.37. The van der Waals surface area contributed by atoms with Gasteiger partial charge in [0.05, 0.1) is 24.6 Å². The van der Waals surface area contributed by atoms with Crippen LogP contribution in [0.15, 0.2) is 42.6 Å². The van der Waals surface area contributed by atoms with E-state index in [4.69, 9.17) is 17.3 Å². The first kappa shape index (κ1) is 27.3. The van der Waals surface area contributed by atoms with Crippen LogP contribution in [0, 0.1) is 17.8 Å². The Morgan fingerprint density at radius 1 is 1.07 bits per heavy atom. The fourth-order valence-corrected chi connectivity index (χ4v) is 5.93. The summed E-state index contributed by atoms with van der Waals surface area (Å²) in [4.78, 5) is 58.4. The molecule has 12 heteroatoms. The van der Waals surface area contributed by atoms with E-state index in [1.54, 1.807) is 28.1 Å². The molecule has 3 aromatic rings. The molecule has 0 radical (unpaired) electrons. The van der Waals surface area contributed by atoms with Gasteiger partial charge in [-0.3, -0.25) is 19.2 Å². The lowest BCUT2D eigenvalue weighted by Gasteiger charge is -2.39. The molecule has 2 aliphatic heterocycles. The number of carbonyl (C=O) groups is 4. The number of fused-ring (bicyclic) bond motifs is 2. The van der Waals surface area contributed by atoms with E-state index in [1.165, 1.54) is 25.2 Å². The van der Waals surface area contributed by atoms with Gasteiger partial charge in [-0.05, 0) is 47.7 Å². The fourth-order valence-electron chi connectivity index (χ4n) is 5.76. The molecule has 1 aromatic heterocycles. The SMILES string of the molecule is CNC(=O)CNC(=O)C1CN(C(=O)Cc2c[nH]c3cc(Cl)ccc23)CC2CN(C(=O)c3ccc(O)c(N)c3)CC21. The highest BCUT2D eigenvalue weighted by Gasteiger charge is 2.47. The molecule has 5 rings (SSSR count). The third-order valence-corrected chi connectivity index (χ3v) is 8.14. The molecule has 0 saturated carbocycles. The van der Waals surface area contributed by atoms with Crippen LogP contribution in [0.1, 0.15) is 15.9 Å².